The highest BCUT2D eigenvalue weighted by Crippen LogP contribution is 2.49. The lowest BCUT2D eigenvalue weighted by molar-refractivity contribution is -0.167. The Hall–Kier alpha value is -0.120. The maximum atomic E-state index is 10.8. The van der Waals surface area contributed by atoms with Gasteiger partial charge in [0.2, 0.25) is 0 Å². The lowest BCUT2D eigenvalue weighted by atomic mass is 9.58. The van der Waals surface area contributed by atoms with Crippen LogP contribution in [0.3, 0.4) is 0 Å². The van der Waals surface area contributed by atoms with Crippen molar-refractivity contribution in [1.82, 2.24) is 0 Å². The van der Waals surface area contributed by atoms with Crippen molar-refractivity contribution in [1.29, 1.82) is 0 Å². The van der Waals surface area contributed by atoms with E-state index in [0.29, 0.717) is 25.7 Å². The van der Waals surface area contributed by atoms with Gasteiger partial charge in [0.1, 0.15) is 0 Å². The highest BCUT2D eigenvalue weighted by Gasteiger charge is 2.51. The Morgan fingerprint density at radius 1 is 1.38 bits per heavy atom. The number of hydrogen-bond acceptors (Lipinski definition) is 3. The molecule has 96 valence electrons. The van der Waals surface area contributed by atoms with E-state index in [0.717, 1.165) is 0 Å². The van der Waals surface area contributed by atoms with Crippen LogP contribution in [0.5, 0.6) is 0 Å². The van der Waals surface area contributed by atoms with E-state index in [9.17, 15) is 15.3 Å². The standard InChI is InChI=1S/C13H26O3/c1-9-7-11(15)8-12(3,4)13(9,16)6-5-10(2)14/h9-11,14-16H,5-8H2,1-4H3/t9-,10-,11+,13-/m1/s1. The summed E-state index contributed by atoms with van der Waals surface area (Å²) in [4.78, 5) is 0. The largest absolute Gasteiger partial charge is 0.393 e. The van der Waals surface area contributed by atoms with Crippen molar-refractivity contribution in [3.63, 3.8) is 0 Å². The predicted molar refractivity (Wildman–Crippen MR) is 64.1 cm³/mol. The third-order valence-corrected chi connectivity index (χ3v) is 4.30. The van der Waals surface area contributed by atoms with E-state index in [1.807, 2.05) is 20.8 Å². The van der Waals surface area contributed by atoms with Gasteiger partial charge in [-0.2, -0.15) is 0 Å². The van der Waals surface area contributed by atoms with Gasteiger partial charge in [0.25, 0.3) is 0 Å². The quantitative estimate of drug-likeness (QED) is 0.691. The Balaban J connectivity index is 2.80. The molecule has 0 amide bonds. The van der Waals surface area contributed by atoms with E-state index >= 15 is 0 Å². The van der Waals surface area contributed by atoms with Gasteiger partial charge >= 0.3 is 0 Å². The molecule has 0 spiro atoms. The lowest BCUT2D eigenvalue weighted by Gasteiger charge is -2.52. The maximum absolute atomic E-state index is 10.8. The fourth-order valence-electron chi connectivity index (χ4n) is 3.13. The Morgan fingerprint density at radius 3 is 2.38 bits per heavy atom. The van der Waals surface area contributed by atoms with E-state index in [2.05, 4.69) is 0 Å². The second-order valence-corrected chi connectivity index (χ2v) is 6.19. The van der Waals surface area contributed by atoms with Crippen molar-refractivity contribution >= 4 is 0 Å². The van der Waals surface area contributed by atoms with E-state index < -0.39 is 5.60 Å². The molecule has 0 aromatic carbocycles. The maximum Gasteiger partial charge on any atom is 0.0726 e. The van der Waals surface area contributed by atoms with Gasteiger partial charge in [-0.3, -0.25) is 0 Å². The summed E-state index contributed by atoms with van der Waals surface area (Å²) in [5, 5.41) is 29.9. The van der Waals surface area contributed by atoms with Crippen molar-refractivity contribution in [2.45, 2.75) is 71.2 Å². The molecule has 3 N–H and O–H groups in total. The molecule has 3 heteroatoms. The van der Waals surface area contributed by atoms with Gasteiger partial charge in [0.05, 0.1) is 17.8 Å². The molecule has 0 aliphatic heterocycles. The van der Waals surface area contributed by atoms with E-state index in [1.165, 1.54) is 0 Å². The molecule has 0 aromatic heterocycles. The molecule has 16 heavy (non-hydrogen) atoms. The second kappa shape index (κ2) is 4.63. The van der Waals surface area contributed by atoms with Gasteiger partial charge < -0.3 is 15.3 Å². The molecule has 1 aliphatic carbocycles. The second-order valence-electron chi connectivity index (χ2n) is 6.19. The molecule has 1 fully saturated rings. The van der Waals surface area contributed by atoms with E-state index in [1.54, 1.807) is 6.92 Å². The van der Waals surface area contributed by atoms with Crippen molar-refractivity contribution in [2.24, 2.45) is 11.3 Å². The topological polar surface area (TPSA) is 60.7 Å². The number of aliphatic hydroxyl groups is 3. The normalized spacial score (nSPS) is 40.7. The molecule has 0 radical (unpaired) electrons. The van der Waals surface area contributed by atoms with Gasteiger partial charge in [-0.05, 0) is 43.9 Å². The van der Waals surface area contributed by atoms with Crippen LogP contribution in [0.1, 0.15) is 53.4 Å². The minimum atomic E-state index is -0.775. The Labute approximate surface area is 98.5 Å². The first kappa shape index (κ1) is 13.9. The van der Waals surface area contributed by atoms with Gasteiger partial charge in [0.15, 0.2) is 0 Å². The first-order valence-corrected chi connectivity index (χ1v) is 6.27. The molecule has 4 atom stereocenters. The zero-order chi connectivity index (χ0) is 12.6. The molecule has 0 aromatic rings. The summed E-state index contributed by atoms with van der Waals surface area (Å²) in [5.74, 6) is 0.0741. The van der Waals surface area contributed by atoms with E-state index in [-0.39, 0.29) is 23.5 Å². The van der Waals surface area contributed by atoms with Crippen LogP contribution < -0.4 is 0 Å². The highest BCUT2D eigenvalue weighted by molar-refractivity contribution is 5.02. The molecule has 1 aliphatic rings. The first-order chi connectivity index (χ1) is 7.19. The summed E-state index contributed by atoms with van der Waals surface area (Å²) in [6.45, 7) is 7.76. The van der Waals surface area contributed by atoms with Crippen molar-refractivity contribution in [3.8, 4) is 0 Å². The third kappa shape index (κ3) is 2.58. The molecule has 3 nitrogen and oxygen atoms in total. The molecule has 0 bridgehead atoms. The predicted octanol–water partition coefficient (Wildman–Crippen LogP) is 1.70. The minimum absolute atomic E-state index is 0.0741. The summed E-state index contributed by atoms with van der Waals surface area (Å²) in [6.07, 6.45) is 1.81. The Morgan fingerprint density at radius 2 is 1.94 bits per heavy atom. The number of rotatable bonds is 3. The average molecular weight is 230 g/mol. The van der Waals surface area contributed by atoms with Crippen molar-refractivity contribution < 1.29 is 15.3 Å². The fraction of sp³-hybridized carbons (Fsp3) is 1.00. The van der Waals surface area contributed by atoms with Crippen molar-refractivity contribution in [3.05, 3.63) is 0 Å². The highest BCUT2D eigenvalue weighted by atomic mass is 16.3. The zero-order valence-electron chi connectivity index (χ0n) is 10.9. The number of hydrogen-bond donors (Lipinski definition) is 3. The molecule has 0 saturated heterocycles. The van der Waals surface area contributed by atoms with E-state index in [4.69, 9.17) is 0 Å². The van der Waals surface area contributed by atoms with Crippen LogP contribution in [0.15, 0.2) is 0 Å². The van der Waals surface area contributed by atoms with Crippen LogP contribution in [0.25, 0.3) is 0 Å². The molecular weight excluding hydrogens is 204 g/mol. The van der Waals surface area contributed by atoms with Crippen LogP contribution in [-0.4, -0.2) is 33.1 Å². The fourth-order valence-corrected chi connectivity index (χ4v) is 3.13. The van der Waals surface area contributed by atoms with Crippen LogP contribution in [0.2, 0.25) is 0 Å². The summed E-state index contributed by atoms with van der Waals surface area (Å²) in [6, 6.07) is 0. The molecule has 0 unspecified atom stereocenters. The molecular formula is C13H26O3. The van der Waals surface area contributed by atoms with Crippen LogP contribution >= 0.6 is 0 Å². The summed E-state index contributed by atoms with van der Waals surface area (Å²) >= 11 is 0. The Bertz CT molecular complexity index is 237. The van der Waals surface area contributed by atoms with Gasteiger partial charge in [-0.1, -0.05) is 20.8 Å². The molecule has 0 heterocycles. The molecule has 1 saturated carbocycles. The summed E-state index contributed by atoms with van der Waals surface area (Å²) < 4.78 is 0. The van der Waals surface area contributed by atoms with Crippen molar-refractivity contribution in [2.75, 3.05) is 0 Å². The zero-order valence-corrected chi connectivity index (χ0v) is 10.9. The van der Waals surface area contributed by atoms with Gasteiger partial charge in [-0.15, -0.1) is 0 Å². The number of aliphatic hydroxyl groups excluding tert-OH is 2. The van der Waals surface area contributed by atoms with Crippen LogP contribution in [-0.2, 0) is 0 Å². The average Bonchev–Trinajstić information content (AvgIpc) is 2.10. The van der Waals surface area contributed by atoms with Gasteiger partial charge in [-0.25, -0.2) is 0 Å². The van der Waals surface area contributed by atoms with Gasteiger partial charge in [0, 0.05) is 0 Å². The Kier molecular flexibility index (Phi) is 4.04. The smallest absolute Gasteiger partial charge is 0.0726 e. The molecule has 1 rings (SSSR count). The minimum Gasteiger partial charge on any atom is -0.393 e. The lowest BCUT2D eigenvalue weighted by Crippen LogP contribution is -2.55. The first-order valence-electron chi connectivity index (χ1n) is 6.27. The summed E-state index contributed by atoms with van der Waals surface area (Å²) in [5.41, 5.74) is -1.07. The van der Waals surface area contributed by atoms with Crippen LogP contribution in [0.4, 0.5) is 0 Å². The summed E-state index contributed by atoms with van der Waals surface area (Å²) in [7, 11) is 0. The van der Waals surface area contributed by atoms with Crippen LogP contribution in [0, 0.1) is 11.3 Å². The SMILES string of the molecule is C[C@@H]1C[C@H](O)CC(C)(C)[C@@]1(O)CC[C@@H](C)O. The monoisotopic (exact) mass is 230 g/mol. The third-order valence-electron chi connectivity index (χ3n) is 4.30.